The van der Waals surface area contributed by atoms with Crippen LogP contribution in [-0.4, -0.2) is 35.1 Å². The number of primary amides is 1. The average molecular weight is 296 g/mol. The minimum atomic E-state index is -1.61. The quantitative estimate of drug-likeness (QED) is 0.667. The number of carbonyl (C=O) groups excluding carboxylic acids is 1. The molecule has 0 aliphatic carbocycles. The van der Waals surface area contributed by atoms with Crippen LogP contribution in [0.25, 0.3) is 0 Å². The van der Waals surface area contributed by atoms with E-state index in [-0.39, 0.29) is 11.6 Å². The predicted molar refractivity (Wildman–Crippen MR) is 74.7 cm³/mol. The number of halogens is 1. The molecule has 2 N–H and O–H groups in total. The lowest BCUT2D eigenvalue weighted by Gasteiger charge is -2.34. The number of hydrogen-bond acceptors (Lipinski definition) is 5. The molecule has 1 aliphatic rings. The van der Waals surface area contributed by atoms with Crippen molar-refractivity contribution in [2.45, 2.75) is 25.9 Å². The Kier molecular flexibility index (Phi) is 4.35. The van der Waals surface area contributed by atoms with Crippen LogP contribution in [0.1, 0.15) is 18.4 Å². The van der Waals surface area contributed by atoms with Gasteiger partial charge in [-0.15, -0.1) is 0 Å². The Morgan fingerprint density at radius 1 is 1.57 bits per heavy atom. The highest BCUT2D eigenvalue weighted by molar-refractivity contribution is 5.79. The number of hydrogen-bond donors (Lipinski definition) is 1. The van der Waals surface area contributed by atoms with E-state index in [2.05, 4.69) is 4.98 Å². The maximum Gasteiger partial charge on any atom is 0.287 e. The van der Waals surface area contributed by atoms with Gasteiger partial charge >= 0.3 is 0 Å². The van der Waals surface area contributed by atoms with E-state index >= 15 is 0 Å². The molecule has 0 radical (unpaired) electrons. The third-order valence-corrected chi connectivity index (χ3v) is 3.77. The molecule has 1 amide bonds. The highest BCUT2D eigenvalue weighted by atomic mass is 19.1. The molecule has 0 bridgehead atoms. The number of aromatic nitrogens is 1. The van der Waals surface area contributed by atoms with Crippen LogP contribution in [0.2, 0.25) is 0 Å². The van der Waals surface area contributed by atoms with Crippen molar-refractivity contribution in [1.82, 2.24) is 4.98 Å². The smallest absolute Gasteiger partial charge is 0.287 e. The van der Waals surface area contributed by atoms with Crippen LogP contribution in [0, 0.1) is 23.0 Å². The lowest BCUT2D eigenvalue weighted by Crippen LogP contribution is -2.41. The van der Waals surface area contributed by atoms with Gasteiger partial charge in [0.1, 0.15) is 12.0 Å². The lowest BCUT2D eigenvalue weighted by atomic mass is 9.91. The minimum absolute atomic E-state index is 0.0521. The minimum Gasteiger partial charge on any atom is -0.367 e. The van der Waals surface area contributed by atoms with E-state index in [0.29, 0.717) is 37.3 Å². The van der Waals surface area contributed by atoms with Crippen molar-refractivity contribution in [2.75, 3.05) is 18.0 Å². The van der Waals surface area contributed by atoms with Crippen molar-refractivity contribution in [3.63, 3.8) is 0 Å². The van der Waals surface area contributed by atoms with Crippen LogP contribution in [0.4, 0.5) is 15.9 Å². The second kappa shape index (κ2) is 6.02. The van der Waals surface area contributed by atoms with Gasteiger partial charge in [0.25, 0.3) is 11.6 Å². The molecule has 0 spiro atoms. The number of pyridine rings is 1. The van der Waals surface area contributed by atoms with Crippen molar-refractivity contribution in [3.8, 4) is 0 Å². The molecule has 8 heteroatoms. The molecule has 0 aromatic carbocycles. The molecule has 1 aliphatic heterocycles. The van der Waals surface area contributed by atoms with E-state index in [9.17, 15) is 19.3 Å². The van der Waals surface area contributed by atoms with Crippen LogP contribution in [0.3, 0.4) is 0 Å². The molecule has 1 aromatic rings. The van der Waals surface area contributed by atoms with Crippen LogP contribution < -0.4 is 10.6 Å². The van der Waals surface area contributed by atoms with Gasteiger partial charge in [0.2, 0.25) is 0 Å². The van der Waals surface area contributed by atoms with E-state index in [1.54, 1.807) is 6.92 Å². The summed E-state index contributed by atoms with van der Waals surface area (Å²) < 4.78 is 13.6. The number of aryl methyl sites for hydroxylation is 1. The van der Waals surface area contributed by atoms with Crippen molar-refractivity contribution in [3.05, 3.63) is 27.9 Å². The summed E-state index contributed by atoms with van der Waals surface area (Å²) in [7, 11) is 0. The second-order valence-electron chi connectivity index (χ2n) is 5.22. The molecule has 1 fully saturated rings. The number of piperidine rings is 1. The first kappa shape index (κ1) is 15.1. The van der Waals surface area contributed by atoms with Crippen LogP contribution in [0.15, 0.2) is 12.3 Å². The summed E-state index contributed by atoms with van der Waals surface area (Å²) in [6.07, 6.45) is 0.610. The zero-order valence-corrected chi connectivity index (χ0v) is 11.7. The lowest BCUT2D eigenvalue weighted by molar-refractivity contribution is -0.385. The Bertz CT molecular complexity index is 558. The predicted octanol–water partition coefficient (Wildman–Crippen LogP) is 1.34. The zero-order chi connectivity index (χ0) is 15.6. The topological polar surface area (TPSA) is 102 Å². The molecule has 2 rings (SSSR count). The molecule has 2 heterocycles. The van der Waals surface area contributed by atoms with Crippen molar-refractivity contribution >= 4 is 17.4 Å². The molecule has 114 valence electrons. The molecule has 1 saturated heterocycles. The first-order chi connectivity index (χ1) is 9.90. The van der Waals surface area contributed by atoms with Crippen molar-refractivity contribution < 1.29 is 14.1 Å². The summed E-state index contributed by atoms with van der Waals surface area (Å²) in [6, 6.07) is 1.47. The van der Waals surface area contributed by atoms with E-state index in [4.69, 9.17) is 5.73 Å². The Hall–Kier alpha value is -2.25. The molecular formula is C13H17FN4O3. The van der Waals surface area contributed by atoms with Crippen molar-refractivity contribution in [1.29, 1.82) is 0 Å². The molecule has 0 unspecified atom stereocenters. The summed E-state index contributed by atoms with van der Waals surface area (Å²) in [4.78, 5) is 27.1. The highest BCUT2D eigenvalue weighted by Gasteiger charge is 2.30. The number of nitrogens with zero attached hydrogens (tertiary/aromatic N) is 3. The first-order valence-corrected chi connectivity index (χ1v) is 6.69. The Labute approximate surface area is 121 Å². The number of rotatable bonds is 4. The fraction of sp³-hybridized carbons (Fsp3) is 0.538. The molecule has 21 heavy (non-hydrogen) atoms. The van der Waals surface area contributed by atoms with Gasteiger partial charge in [-0.05, 0) is 25.3 Å². The zero-order valence-electron chi connectivity index (χ0n) is 11.7. The summed E-state index contributed by atoms with van der Waals surface area (Å²) >= 11 is 0. The SMILES string of the molecule is Cc1cc([N+](=O)[O-])cnc1N1CCC([C@@H](F)C(N)=O)CC1. The standard InChI is InChI=1S/C13H17FN4O3/c1-8-6-10(18(20)21)7-16-13(8)17-4-2-9(3-5-17)11(14)12(15)19/h6-7,9,11H,2-5H2,1H3,(H2,15,19)/t11-/m1/s1. The summed E-state index contributed by atoms with van der Waals surface area (Å²) in [6.45, 7) is 2.84. The van der Waals surface area contributed by atoms with Gasteiger partial charge in [-0.1, -0.05) is 0 Å². The van der Waals surface area contributed by atoms with Crippen LogP contribution in [-0.2, 0) is 4.79 Å². The molecule has 1 atom stereocenters. The highest BCUT2D eigenvalue weighted by Crippen LogP contribution is 2.28. The second-order valence-corrected chi connectivity index (χ2v) is 5.22. The molecular weight excluding hydrogens is 279 g/mol. The summed E-state index contributed by atoms with van der Waals surface area (Å²) in [5.74, 6) is -0.622. The fourth-order valence-electron chi connectivity index (χ4n) is 2.62. The van der Waals surface area contributed by atoms with Gasteiger partial charge in [-0.25, -0.2) is 9.37 Å². The molecule has 7 nitrogen and oxygen atoms in total. The van der Waals surface area contributed by atoms with Gasteiger partial charge in [-0.2, -0.15) is 0 Å². The van der Waals surface area contributed by atoms with Gasteiger partial charge < -0.3 is 10.6 Å². The van der Waals surface area contributed by atoms with E-state index in [0.717, 1.165) is 0 Å². The Morgan fingerprint density at radius 3 is 2.67 bits per heavy atom. The van der Waals surface area contributed by atoms with Gasteiger partial charge in [0.05, 0.1) is 4.92 Å². The molecule has 1 aromatic heterocycles. The van der Waals surface area contributed by atoms with Gasteiger partial charge in [-0.3, -0.25) is 14.9 Å². The number of nitrogens with two attached hydrogens (primary N) is 1. The fourth-order valence-corrected chi connectivity index (χ4v) is 2.62. The summed E-state index contributed by atoms with van der Waals surface area (Å²) in [5.41, 5.74) is 5.63. The van der Waals surface area contributed by atoms with Crippen LogP contribution >= 0.6 is 0 Å². The number of nitro groups is 1. The van der Waals surface area contributed by atoms with Crippen LogP contribution in [0.5, 0.6) is 0 Å². The maximum atomic E-state index is 13.6. The average Bonchev–Trinajstić information content (AvgIpc) is 2.46. The van der Waals surface area contributed by atoms with E-state index in [1.165, 1.54) is 12.3 Å². The maximum absolute atomic E-state index is 13.6. The van der Waals surface area contributed by atoms with Gasteiger partial charge in [0.15, 0.2) is 6.17 Å². The van der Waals surface area contributed by atoms with Gasteiger partial charge in [0, 0.05) is 25.1 Å². The first-order valence-electron chi connectivity index (χ1n) is 6.69. The Morgan fingerprint density at radius 2 is 2.19 bits per heavy atom. The Balaban J connectivity index is 2.05. The van der Waals surface area contributed by atoms with Crippen molar-refractivity contribution in [2.24, 2.45) is 11.7 Å². The number of carbonyl (C=O) groups is 1. The number of amides is 1. The van der Waals surface area contributed by atoms with E-state index < -0.39 is 17.0 Å². The number of alkyl halides is 1. The largest absolute Gasteiger partial charge is 0.367 e. The molecule has 0 saturated carbocycles. The monoisotopic (exact) mass is 296 g/mol. The summed E-state index contributed by atoms with van der Waals surface area (Å²) in [5, 5.41) is 10.7. The third kappa shape index (κ3) is 3.26. The van der Waals surface area contributed by atoms with E-state index in [1.807, 2.05) is 4.90 Å². The normalized spacial score (nSPS) is 17.5. The third-order valence-electron chi connectivity index (χ3n) is 3.77. The number of anilines is 1.